The van der Waals surface area contributed by atoms with E-state index >= 15 is 0 Å². The quantitative estimate of drug-likeness (QED) is 0.427. The Morgan fingerprint density at radius 1 is 1.00 bits per heavy atom. The van der Waals surface area contributed by atoms with Crippen LogP contribution in [0, 0.1) is 0 Å². The number of rotatable bonds is 0. The van der Waals surface area contributed by atoms with Gasteiger partial charge in [0.15, 0.2) is 0 Å². The second-order valence-electron chi connectivity index (χ2n) is 1.97. The molecule has 0 aliphatic carbocycles. The lowest BCUT2D eigenvalue weighted by Gasteiger charge is -2.02. The van der Waals surface area contributed by atoms with Crippen LogP contribution in [0.15, 0.2) is 12.1 Å². The predicted octanol–water partition coefficient (Wildman–Crippen LogP) is -1.31. The predicted molar refractivity (Wildman–Crippen MR) is 40.5 cm³/mol. The smallest absolute Gasteiger partial charge is 0.124 e. The van der Waals surface area contributed by atoms with Gasteiger partial charge in [-0.3, -0.25) is 0 Å². The Balaban J connectivity index is 3.31. The minimum absolute atomic E-state index is 0.0470. The second kappa shape index (κ2) is 2.29. The van der Waals surface area contributed by atoms with E-state index in [9.17, 15) is 0 Å². The maximum Gasteiger partial charge on any atom is 0.124 e. The van der Waals surface area contributed by atoms with Gasteiger partial charge in [0.2, 0.25) is 0 Å². The Kier molecular flexibility index (Phi) is 1.62. The highest BCUT2D eigenvalue weighted by Gasteiger charge is 2.00. The van der Waals surface area contributed by atoms with Crippen LogP contribution in [-0.2, 0) is 0 Å². The molecule has 4 radical (unpaired) electrons. The molecule has 0 heterocycles. The summed E-state index contributed by atoms with van der Waals surface area (Å²) in [5, 5.41) is 17.8. The lowest BCUT2D eigenvalue weighted by Crippen LogP contribution is -2.10. The SMILES string of the molecule is [B]c1cc(O)c([B])c(O)c1. The fraction of sp³-hybridized carbons (Fsp3) is 0. The molecule has 0 bridgehead atoms. The minimum Gasteiger partial charge on any atom is -0.508 e. The molecule has 0 aliphatic rings. The summed E-state index contributed by atoms with van der Waals surface area (Å²) >= 11 is 0. The lowest BCUT2D eigenvalue weighted by molar-refractivity contribution is 0.459. The molecule has 0 fully saturated rings. The molecule has 2 N–H and O–H groups in total. The number of hydrogen-bond acceptors (Lipinski definition) is 2. The highest BCUT2D eigenvalue weighted by atomic mass is 16.3. The fourth-order valence-electron chi connectivity index (χ4n) is 0.644. The number of phenols is 2. The Morgan fingerprint density at radius 2 is 1.40 bits per heavy atom. The average Bonchev–Trinajstić information content (AvgIpc) is 1.82. The summed E-state index contributed by atoms with van der Waals surface area (Å²) in [6.07, 6.45) is 0. The first-order chi connectivity index (χ1) is 4.61. The largest absolute Gasteiger partial charge is 0.508 e. The molecule has 4 heteroatoms. The topological polar surface area (TPSA) is 40.5 Å². The molecule has 0 aliphatic heterocycles. The number of hydrogen-bond donors (Lipinski definition) is 2. The molecule has 0 saturated heterocycles. The van der Waals surface area contributed by atoms with E-state index in [2.05, 4.69) is 0 Å². The van der Waals surface area contributed by atoms with Crippen LogP contribution >= 0.6 is 0 Å². The first-order valence-electron chi connectivity index (χ1n) is 2.68. The highest BCUT2D eigenvalue weighted by molar-refractivity contribution is 6.38. The van der Waals surface area contributed by atoms with Crippen LogP contribution in [0.1, 0.15) is 0 Å². The third-order valence-corrected chi connectivity index (χ3v) is 1.16. The van der Waals surface area contributed by atoms with Gasteiger partial charge in [-0.05, 0) is 17.6 Å². The normalized spacial score (nSPS) is 9.60. The molecule has 46 valence electrons. The van der Waals surface area contributed by atoms with Gasteiger partial charge < -0.3 is 10.2 Å². The summed E-state index contributed by atoms with van der Waals surface area (Å²) in [6.45, 7) is 0. The van der Waals surface area contributed by atoms with Crippen LogP contribution < -0.4 is 10.9 Å². The Labute approximate surface area is 61.3 Å². The van der Waals surface area contributed by atoms with Crippen LogP contribution in [-0.4, -0.2) is 25.9 Å². The van der Waals surface area contributed by atoms with E-state index in [0.717, 1.165) is 0 Å². The van der Waals surface area contributed by atoms with Crippen LogP contribution in [0.5, 0.6) is 11.5 Å². The van der Waals surface area contributed by atoms with E-state index in [4.69, 9.17) is 25.9 Å². The maximum atomic E-state index is 8.92. The third-order valence-electron chi connectivity index (χ3n) is 1.16. The van der Waals surface area contributed by atoms with E-state index in [1.54, 1.807) is 0 Å². The average molecular weight is 130 g/mol. The monoisotopic (exact) mass is 130 g/mol. The van der Waals surface area contributed by atoms with Crippen molar-refractivity contribution < 1.29 is 10.2 Å². The van der Waals surface area contributed by atoms with Gasteiger partial charge in [0.05, 0.1) is 0 Å². The van der Waals surface area contributed by atoms with Gasteiger partial charge >= 0.3 is 0 Å². The van der Waals surface area contributed by atoms with E-state index in [1.807, 2.05) is 0 Å². The summed E-state index contributed by atoms with van der Waals surface area (Å²) in [7, 11) is 10.4. The van der Waals surface area contributed by atoms with Gasteiger partial charge in [0.1, 0.15) is 27.2 Å². The van der Waals surface area contributed by atoms with Crippen molar-refractivity contribution in [2.75, 3.05) is 0 Å². The van der Waals surface area contributed by atoms with Crippen molar-refractivity contribution in [1.29, 1.82) is 0 Å². The van der Waals surface area contributed by atoms with Gasteiger partial charge in [-0.15, -0.1) is 0 Å². The van der Waals surface area contributed by atoms with Gasteiger partial charge in [-0.1, -0.05) is 5.46 Å². The molecule has 0 atom stereocenters. The first kappa shape index (κ1) is 7.06. The van der Waals surface area contributed by atoms with Crippen molar-refractivity contribution >= 4 is 26.6 Å². The van der Waals surface area contributed by atoms with Crippen LogP contribution in [0.2, 0.25) is 0 Å². The molecule has 0 unspecified atom stereocenters. The number of phenolic OH excluding ortho intramolecular Hbond substituents is 2. The standard InChI is InChI=1S/C6H4B2O2/c7-3-1-4(9)6(8)5(10)2-3/h1-2,9-10H. The number of aromatic hydroxyl groups is 2. The molecule has 1 aromatic carbocycles. The summed E-state index contributed by atoms with van der Waals surface area (Å²) in [4.78, 5) is 0. The summed E-state index contributed by atoms with van der Waals surface area (Å²) in [5.74, 6) is -0.394. The van der Waals surface area contributed by atoms with E-state index < -0.39 is 0 Å². The van der Waals surface area contributed by atoms with Crippen molar-refractivity contribution in [2.45, 2.75) is 0 Å². The van der Waals surface area contributed by atoms with Gasteiger partial charge in [0, 0.05) is 0 Å². The van der Waals surface area contributed by atoms with E-state index in [1.165, 1.54) is 12.1 Å². The Bertz CT molecular complexity index is 237. The molecule has 0 saturated carbocycles. The highest BCUT2D eigenvalue weighted by Crippen LogP contribution is 2.08. The summed E-state index contributed by atoms with van der Waals surface area (Å²) in [5.41, 5.74) is 0.235. The lowest BCUT2D eigenvalue weighted by atomic mass is 9.87. The van der Waals surface area contributed by atoms with Crippen molar-refractivity contribution in [3.05, 3.63) is 12.1 Å². The van der Waals surface area contributed by atoms with Crippen molar-refractivity contribution in [3.8, 4) is 11.5 Å². The molecule has 10 heavy (non-hydrogen) atoms. The Morgan fingerprint density at radius 3 is 1.80 bits per heavy atom. The molecule has 0 aromatic heterocycles. The summed E-state index contributed by atoms with van der Waals surface area (Å²) in [6, 6.07) is 2.55. The zero-order chi connectivity index (χ0) is 7.72. The molecular formula is C6H4B2O2. The number of benzene rings is 1. The maximum absolute atomic E-state index is 8.92. The fourth-order valence-corrected chi connectivity index (χ4v) is 0.644. The second-order valence-corrected chi connectivity index (χ2v) is 1.97. The van der Waals surface area contributed by atoms with Crippen molar-refractivity contribution in [3.63, 3.8) is 0 Å². The van der Waals surface area contributed by atoms with E-state index in [0.29, 0.717) is 0 Å². The molecule has 0 amide bonds. The molecular weight excluding hydrogens is 126 g/mol. The third kappa shape index (κ3) is 1.10. The molecule has 1 rings (SSSR count). The van der Waals surface area contributed by atoms with Gasteiger partial charge in [-0.2, -0.15) is 0 Å². The van der Waals surface area contributed by atoms with Crippen molar-refractivity contribution in [1.82, 2.24) is 0 Å². The van der Waals surface area contributed by atoms with Crippen LogP contribution in [0.4, 0.5) is 0 Å². The van der Waals surface area contributed by atoms with Gasteiger partial charge in [0.25, 0.3) is 0 Å². The molecule has 2 nitrogen and oxygen atoms in total. The zero-order valence-electron chi connectivity index (χ0n) is 5.20. The first-order valence-corrected chi connectivity index (χ1v) is 2.68. The van der Waals surface area contributed by atoms with Crippen molar-refractivity contribution in [2.24, 2.45) is 0 Å². The summed E-state index contributed by atoms with van der Waals surface area (Å²) < 4.78 is 0. The zero-order valence-corrected chi connectivity index (χ0v) is 5.20. The van der Waals surface area contributed by atoms with E-state index in [-0.39, 0.29) is 22.4 Å². The van der Waals surface area contributed by atoms with Crippen LogP contribution in [0.3, 0.4) is 0 Å². The molecule has 1 aromatic rings. The minimum atomic E-state index is -0.197. The molecule has 0 spiro atoms. The van der Waals surface area contributed by atoms with Gasteiger partial charge in [-0.25, -0.2) is 0 Å². The van der Waals surface area contributed by atoms with Crippen LogP contribution in [0.25, 0.3) is 0 Å². The Hall–Kier alpha value is -1.05.